The average molecular weight is 405 g/mol. The number of nitrogens with zero attached hydrogens (tertiary/aromatic N) is 2. The van der Waals surface area contributed by atoms with Crippen LogP contribution in [0.15, 0.2) is 65.7 Å². The Bertz CT molecular complexity index is 1110. The molecular formula is C24H27N3O3. The van der Waals surface area contributed by atoms with Crippen molar-refractivity contribution < 1.29 is 9.53 Å². The first-order chi connectivity index (χ1) is 14.4. The summed E-state index contributed by atoms with van der Waals surface area (Å²) in [5.74, 6) is -0.389. The van der Waals surface area contributed by atoms with Crippen molar-refractivity contribution in [1.29, 1.82) is 0 Å². The predicted octanol–water partition coefficient (Wildman–Crippen LogP) is 3.34. The molecule has 1 N–H and O–H groups in total. The van der Waals surface area contributed by atoms with E-state index in [4.69, 9.17) is 4.74 Å². The smallest absolute Gasteiger partial charge is 0.270 e. The molecule has 1 aromatic carbocycles. The highest BCUT2D eigenvalue weighted by Gasteiger charge is 2.41. The molecule has 1 saturated heterocycles. The van der Waals surface area contributed by atoms with Crippen LogP contribution in [0.5, 0.6) is 0 Å². The molecule has 1 aliphatic heterocycles. The molecular weight excluding hydrogens is 378 g/mol. The minimum Gasteiger partial charge on any atom is -0.376 e. The van der Waals surface area contributed by atoms with Crippen molar-refractivity contribution in [2.24, 2.45) is 0 Å². The molecule has 1 unspecified atom stereocenters. The van der Waals surface area contributed by atoms with Crippen LogP contribution in [0.3, 0.4) is 0 Å². The van der Waals surface area contributed by atoms with Crippen molar-refractivity contribution in [2.45, 2.75) is 44.1 Å². The first-order valence-electron chi connectivity index (χ1n) is 10.3. The number of benzene rings is 1. The lowest BCUT2D eigenvalue weighted by atomic mass is 9.67. The summed E-state index contributed by atoms with van der Waals surface area (Å²) in [7, 11) is 0. The quantitative estimate of drug-likeness (QED) is 0.707. The average Bonchev–Trinajstić information content (AvgIpc) is 2.74. The largest absolute Gasteiger partial charge is 0.376 e. The van der Waals surface area contributed by atoms with E-state index in [-0.39, 0.29) is 28.0 Å². The van der Waals surface area contributed by atoms with Crippen molar-refractivity contribution in [3.63, 3.8) is 0 Å². The molecule has 0 aliphatic carbocycles. The van der Waals surface area contributed by atoms with E-state index in [1.54, 1.807) is 24.4 Å². The molecule has 6 nitrogen and oxygen atoms in total. The number of hydrogen-bond acceptors (Lipinski definition) is 4. The molecule has 0 bridgehead atoms. The SMILES string of the molecule is CC1(C)CC(CCNC(=O)c2cnc3ccccn3c2=O)(c2ccccc2)CCO1. The topological polar surface area (TPSA) is 72.7 Å². The molecule has 1 aliphatic rings. The van der Waals surface area contributed by atoms with Crippen molar-refractivity contribution in [3.8, 4) is 0 Å². The third-order valence-corrected chi connectivity index (χ3v) is 5.97. The zero-order chi connectivity index (χ0) is 21.2. The van der Waals surface area contributed by atoms with Crippen LogP contribution in [-0.4, -0.2) is 34.0 Å². The lowest BCUT2D eigenvalue weighted by Gasteiger charge is -2.45. The normalized spacial score (nSPS) is 20.7. The van der Waals surface area contributed by atoms with Gasteiger partial charge in [-0.2, -0.15) is 0 Å². The molecule has 1 fully saturated rings. The Balaban J connectivity index is 1.52. The molecule has 1 amide bonds. The van der Waals surface area contributed by atoms with Gasteiger partial charge < -0.3 is 10.1 Å². The molecule has 3 aromatic rings. The molecule has 1 atom stereocenters. The van der Waals surface area contributed by atoms with Gasteiger partial charge in [-0.3, -0.25) is 14.0 Å². The summed E-state index contributed by atoms with van der Waals surface area (Å²) in [4.78, 5) is 29.6. The van der Waals surface area contributed by atoms with Crippen molar-refractivity contribution in [3.05, 3.63) is 82.4 Å². The maximum atomic E-state index is 12.7. The highest BCUT2D eigenvalue weighted by Crippen LogP contribution is 2.43. The van der Waals surface area contributed by atoms with E-state index in [0.717, 1.165) is 19.3 Å². The number of aromatic nitrogens is 2. The Hall–Kier alpha value is -2.99. The fourth-order valence-electron chi connectivity index (χ4n) is 4.57. The van der Waals surface area contributed by atoms with Gasteiger partial charge in [-0.1, -0.05) is 36.4 Å². The van der Waals surface area contributed by atoms with Crippen LogP contribution >= 0.6 is 0 Å². The number of hydrogen-bond donors (Lipinski definition) is 1. The molecule has 156 valence electrons. The third kappa shape index (κ3) is 4.00. The van der Waals surface area contributed by atoms with Gasteiger partial charge in [0.05, 0.1) is 5.60 Å². The van der Waals surface area contributed by atoms with Crippen molar-refractivity contribution in [2.75, 3.05) is 13.2 Å². The minimum absolute atomic E-state index is 0.0553. The number of nitrogens with one attached hydrogen (secondary N) is 1. The summed E-state index contributed by atoms with van der Waals surface area (Å²) in [6, 6.07) is 15.7. The highest BCUT2D eigenvalue weighted by molar-refractivity contribution is 5.93. The zero-order valence-electron chi connectivity index (χ0n) is 17.4. The second-order valence-electron chi connectivity index (χ2n) is 8.59. The molecule has 3 heterocycles. The first kappa shape index (κ1) is 20.3. The maximum absolute atomic E-state index is 12.7. The Morgan fingerprint density at radius 3 is 2.70 bits per heavy atom. The number of carbonyl (C=O) groups is 1. The van der Waals surface area contributed by atoms with Crippen LogP contribution in [0.2, 0.25) is 0 Å². The lowest BCUT2D eigenvalue weighted by Crippen LogP contribution is -2.46. The summed E-state index contributed by atoms with van der Waals surface area (Å²) < 4.78 is 7.35. The van der Waals surface area contributed by atoms with Gasteiger partial charge in [0.2, 0.25) is 0 Å². The zero-order valence-corrected chi connectivity index (χ0v) is 17.4. The van der Waals surface area contributed by atoms with Gasteiger partial charge in [0.25, 0.3) is 11.5 Å². The van der Waals surface area contributed by atoms with E-state index < -0.39 is 0 Å². The molecule has 4 rings (SSSR count). The summed E-state index contributed by atoms with van der Waals surface area (Å²) in [5, 5.41) is 2.94. The van der Waals surface area contributed by atoms with Crippen molar-refractivity contribution in [1.82, 2.24) is 14.7 Å². The van der Waals surface area contributed by atoms with Crippen LogP contribution in [0.25, 0.3) is 5.65 Å². The van der Waals surface area contributed by atoms with Crippen LogP contribution in [0.1, 0.15) is 49.0 Å². The van der Waals surface area contributed by atoms with Gasteiger partial charge in [-0.15, -0.1) is 0 Å². The number of pyridine rings is 1. The van der Waals surface area contributed by atoms with Crippen LogP contribution < -0.4 is 10.9 Å². The van der Waals surface area contributed by atoms with Crippen molar-refractivity contribution >= 4 is 11.6 Å². The molecule has 2 aromatic heterocycles. The number of fused-ring (bicyclic) bond motifs is 1. The number of rotatable bonds is 5. The van der Waals surface area contributed by atoms with E-state index in [9.17, 15) is 9.59 Å². The van der Waals surface area contributed by atoms with Gasteiger partial charge in [-0.05, 0) is 50.8 Å². The second-order valence-corrected chi connectivity index (χ2v) is 8.59. The molecule has 6 heteroatoms. The summed E-state index contributed by atoms with van der Waals surface area (Å²) in [6.07, 6.45) is 5.53. The molecule has 0 saturated carbocycles. The monoisotopic (exact) mass is 405 g/mol. The fraction of sp³-hybridized carbons (Fsp3) is 0.375. The Labute approximate surface area is 175 Å². The number of ether oxygens (including phenoxy) is 1. The van der Waals surface area contributed by atoms with Gasteiger partial charge >= 0.3 is 0 Å². The molecule has 0 radical (unpaired) electrons. The van der Waals surface area contributed by atoms with Gasteiger partial charge in [0, 0.05) is 31.0 Å². The minimum atomic E-state index is -0.389. The van der Waals surface area contributed by atoms with E-state index >= 15 is 0 Å². The van der Waals surface area contributed by atoms with Crippen LogP contribution in [0, 0.1) is 0 Å². The summed E-state index contributed by atoms with van der Waals surface area (Å²) in [6.45, 7) is 5.39. The van der Waals surface area contributed by atoms with E-state index in [1.165, 1.54) is 16.2 Å². The highest BCUT2D eigenvalue weighted by atomic mass is 16.5. The summed E-state index contributed by atoms with van der Waals surface area (Å²) in [5.41, 5.74) is 1.18. The lowest BCUT2D eigenvalue weighted by molar-refractivity contribution is -0.0838. The van der Waals surface area contributed by atoms with E-state index in [2.05, 4.69) is 48.4 Å². The van der Waals surface area contributed by atoms with Gasteiger partial charge in [-0.25, -0.2) is 4.98 Å². The number of amides is 1. The Morgan fingerprint density at radius 2 is 1.93 bits per heavy atom. The van der Waals surface area contributed by atoms with E-state index in [1.807, 2.05) is 6.07 Å². The Kier molecular flexibility index (Phi) is 5.43. The van der Waals surface area contributed by atoms with Crippen LogP contribution in [0.4, 0.5) is 0 Å². The number of carbonyl (C=O) groups excluding carboxylic acids is 1. The maximum Gasteiger partial charge on any atom is 0.270 e. The first-order valence-corrected chi connectivity index (χ1v) is 10.3. The summed E-state index contributed by atoms with van der Waals surface area (Å²) >= 11 is 0. The molecule has 0 spiro atoms. The standard InChI is InChI=1S/C24H27N3O3/c1-23(2)17-24(12-15-30-23,18-8-4-3-5-9-18)11-13-25-21(28)19-16-26-20-10-6-7-14-27(20)22(19)29/h3-10,14,16H,11-13,15,17H2,1-2H3,(H,25,28). The molecule has 30 heavy (non-hydrogen) atoms. The third-order valence-electron chi connectivity index (χ3n) is 5.97. The van der Waals surface area contributed by atoms with Gasteiger partial charge in [0.15, 0.2) is 0 Å². The van der Waals surface area contributed by atoms with E-state index in [0.29, 0.717) is 18.8 Å². The van der Waals surface area contributed by atoms with Crippen LogP contribution in [-0.2, 0) is 10.2 Å². The predicted molar refractivity (Wildman–Crippen MR) is 116 cm³/mol. The Morgan fingerprint density at radius 1 is 1.17 bits per heavy atom. The second kappa shape index (κ2) is 8.03. The van der Waals surface area contributed by atoms with Gasteiger partial charge in [0.1, 0.15) is 11.2 Å². The fourth-order valence-corrected chi connectivity index (χ4v) is 4.57.